The van der Waals surface area contributed by atoms with Gasteiger partial charge in [0.2, 0.25) is 0 Å². The Bertz CT molecular complexity index is 1110. The van der Waals surface area contributed by atoms with Crippen molar-refractivity contribution in [2.24, 2.45) is 0 Å². The fourth-order valence-corrected chi connectivity index (χ4v) is 4.25. The molecule has 2 unspecified atom stereocenters. The van der Waals surface area contributed by atoms with Gasteiger partial charge in [-0.2, -0.15) is 0 Å². The highest BCUT2D eigenvalue weighted by atomic mass is 16.4. The molecular formula is C27H31N3O3. The lowest BCUT2D eigenvalue weighted by Crippen LogP contribution is -2.40. The van der Waals surface area contributed by atoms with Crippen LogP contribution in [0.2, 0.25) is 0 Å². The minimum Gasteiger partial charge on any atom is -0.481 e. The van der Waals surface area contributed by atoms with E-state index in [0.29, 0.717) is 12.8 Å². The molecule has 0 saturated carbocycles. The molecule has 0 aliphatic carbocycles. The highest BCUT2D eigenvalue weighted by Gasteiger charge is 2.29. The molecule has 4 rings (SSSR count). The molecule has 0 bridgehead atoms. The number of unbranched alkanes of at least 4 members (excludes halogenated alkanes) is 2. The van der Waals surface area contributed by atoms with E-state index in [0.717, 1.165) is 53.3 Å². The van der Waals surface area contributed by atoms with Crippen molar-refractivity contribution in [3.05, 3.63) is 65.4 Å². The normalized spacial score (nSPS) is 17.3. The standard InChI is InChI=1S/C27H31N3O3/c1-17-8-12-19(13-9-17)25-26(20-14-10-18(2)11-15-20)30-27-22(28-25)16-23(31)21(29-27)6-4-3-5-7-24(32)33/h8-15,21,23,31H,3-7,16H2,1-2H3,(H,29,30)(H,32,33). The Balaban J connectivity index is 1.62. The predicted molar refractivity (Wildman–Crippen MR) is 130 cm³/mol. The maximum absolute atomic E-state index is 10.8. The first-order valence-electron chi connectivity index (χ1n) is 11.6. The second-order valence-electron chi connectivity index (χ2n) is 8.96. The molecule has 1 aliphatic rings. The topological polar surface area (TPSA) is 95.3 Å². The Morgan fingerprint density at radius 2 is 1.48 bits per heavy atom. The van der Waals surface area contributed by atoms with E-state index in [9.17, 15) is 9.90 Å². The molecule has 2 heterocycles. The van der Waals surface area contributed by atoms with Crippen LogP contribution in [0.5, 0.6) is 0 Å². The number of aryl methyl sites for hydroxylation is 2. The smallest absolute Gasteiger partial charge is 0.303 e. The summed E-state index contributed by atoms with van der Waals surface area (Å²) in [5, 5.41) is 23.0. The summed E-state index contributed by atoms with van der Waals surface area (Å²) in [6.07, 6.45) is 3.20. The number of hydrogen-bond acceptors (Lipinski definition) is 5. The Kier molecular flexibility index (Phi) is 7.04. The third-order valence-electron chi connectivity index (χ3n) is 6.21. The summed E-state index contributed by atoms with van der Waals surface area (Å²) in [5.41, 5.74) is 6.79. The molecular weight excluding hydrogens is 414 g/mol. The van der Waals surface area contributed by atoms with E-state index in [4.69, 9.17) is 15.1 Å². The van der Waals surface area contributed by atoms with Gasteiger partial charge in [0, 0.05) is 24.0 Å². The number of aliphatic carboxylic acids is 1. The van der Waals surface area contributed by atoms with Gasteiger partial charge in [0.25, 0.3) is 0 Å². The Morgan fingerprint density at radius 1 is 0.909 bits per heavy atom. The van der Waals surface area contributed by atoms with Crippen molar-refractivity contribution in [3.63, 3.8) is 0 Å². The first-order chi connectivity index (χ1) is 15.9. The van der Waals surface area contributed by atoms with Gasteiger partial charge < -0.3 is 15.5 Å². The van der Waals surface area contributed by atoms with Gasteiger partial charge in [-0.1, -0.05) is 72.5 Å². The summed E-state index contributed by atoms with van der Waals surface area (Å²) in [6.45, 7) is 4.12. The monoisotopic (exact) mass is 445 g/mol. The van der Waals surface area contributed by atoms with E-state index >= 15 is 0 Å². The van der Waals surface area contributed by atoms with E-state index in [1.807, 2.05) is 0 Å². The van der Waals surface area contributed by atoms with Gasteiger partial charge in [0.15, 0.2) is 0 Å². The molecule has 33 heavy (non-hydrogen) atoms. The summed E-state index contributed by atoms with van der Waals surface area (Å²) < 4.78 is 0. The number of aliphatic hydroxyl groups is 1. The van der Waals surface area contributed by atoms with Crippen molar-refractivity contribution < 1.29 is 15.0 Å². The second kappa shape index (κ2) is 10.1. The van der Waals surface area contributed by atoms with Gasteiger partial charge >= 0.3 is 5.97 Å². The lowest BCUT2D eigenvalue weighted by Gasteiger charge is -2.31. The minimum atomic E-state index is -0.761. The molecule has 3 N–H and O–H groups in total. The van der Waals surface area contributed by atoms with Crippen molar-refractivity contribution in [1.82, 2.24) is 9.97 Å². The number of aliphatic hydroxyl groups excluding tert-OH is 1. The molecule has 0 saturated heterocycles. The fourth-order valence-electron chi connectivity index (χ4n) is 4.25. The predicted octanol–water partition coefficient (Wildman–Crippen LogP) is 5.16. The van der Waals surface area contributed by atoms with Gasteiger partial charge in [-0.3, -0.25) is 4.79 Å². The van der Waals surface area contributed by atoms with Crippen molar-refractivity contribution in [2.45, 2.75) is 64.5 Å². The molecule has 1 aromatic heterocycles. The number of nitrogens with zero attached hydrogens (tertiary/aromatic N) is 2. The van der Waals surface area contributed by atoms with Crippen LogP contribution in [0.15, 0.2) is 48.5 Å². The molecule has 172 valence electrons. The molecule has 2 aromatic carbocycles. The van der Waals surface area contributed by atoms with Crippen LogP contribution in [0, 0.1) is 13.8 Å². The van der Waals surface area contributed by atoms with E-state index < -0.39 is 12.1 Å². The van der Waals surface area contributed by atoms with Crippen LogP contribution in [0.25, 0.3) is 22.5 Å². The number of carboxylic acid groups (broad SMARTS) is 1. The van der Waals surface area contributed by atoms with Gasteiger partial charge in [-0.15, -0.1) is 0 Å². The van der Waals surface area contributed by atoms with Crippen LogP contribution >= 0.6 is 0 Å². The first-order valence-corrected chi connectivity index (χ1v) is 11.6. The first kappa shape index (κ1) is 22.9. The number of anilines is 1. The number of fused-ring (bicyclic) bond motifs is 1. The molecule has 6 heteroatoms. The van der Waals surface area contributed by atoms with Crippen molar-refractivity contribution in [1.29, 1.82) is 0 Å². The quantitative estimate of drug-likeness (QED) is 0.415. The number of carbonyl (C=O) groups is 1. The van der Waals surface area contributed by atoms with E-state index in [2.05, 4.69) is 67.7 Å². The molecule has 0 spiro atoms. The minimum absolute atomic E-state index is 0.118. The Hall–Kier alpha value is -3.25. The van der Waals surface area contributed by atoms with Crippen LogP contribution in [-0.4, -0.2) is 38.3 Å². The molecule has 0 amide bonds. The molecule has 0 fully saturated rings. The van der Waals surface area contributed by atoms with E-state index in [1.165, 1.54) is 11.1 Å². The van der Waals surface area contributed by atoms with Gasteiger partial charge in [0.1, 0.15) is 5.82 Å². The summed E-state index contributed by atoms with van der Waals surface area (Å²) in [6, 6.07) is 16.5. The van der Waals surface area contributed by atoms with Crippen LogP contribution in [0.3, 0.4) is 0 Å². The lowest BCUT2D eigenvalue weighted by molar-refractivity contribution is -0.137. The average molecular weight is 446 g/mol. The zero-order valence-corrected chi connectivity index (χ0v) is 19.2. The zero-order valence-electron chi connectivity index (χ0n) is 19.2. The maximum atomic E-state index is 10.8. The zero-order chi connectivity index (χ0) is 23.4. The van der Waals surface area contributed by atoms with Crippen LogP contribution < -0.4 is 5.32 Å². The largest absolute Gasteiger partial charge is 0.481 e. The number of carboxylic acids is 1. The van der Waals surface area contributed by atoms with Gasteiger partial charge in [0.05, 0.1) is 29.2 Å². The Morgan fingerprint density at radius 3 is 2.06 bits per heavy atom. The molecule has 1 aliphatic heterocycles. The summed E-state index contributed by atoms with van der Waals surface area (Å²) >= 11 is 0. The molecule has 2 atom stereocenters. The van der Waals surface area contributed by atoms with Gasteiger partial charge in [-0.05, 0) is 26.7 Å². The molecule has 0 radical (unpaired) electrons. The average Bonchev–Trinajstić information content (AvgIpc) is 2.79. The van der Waals surface area contributed by atoms with Crippen molar-refractivity contribution >= 4 is 11.8 Å². The highest BCUT2D eigenvalue weighted by molar-refractivity contribution is 5.79. The Labute approximate surface area is 194 Å². The number of benzene rings is 2. The number of hydrogen-bond donors (Lipinski definition) is 3. The van der Waals surface area contributed by atoms with Crippen molar-refractivity contribution in [3.8, 4) is 22.5 Å². The lowest BCUT2D eigenvalue weighted by atomic mass is 9.95. The highest BCUT2D eigenvalue weighted by Crippen LogP contribution is 2.34. The second-order valence-corrected chi connectivity index (χ2v) is 8.96. The SMILES string of the molecule is Cc1ccc(-c2nc3c(nc2-c2ccc(C)cc2)NC(CCCCCC(=O)O)C(O)C3)cc1. The summed E-state index contributed by atoms with van der Waals surface area (Å²) in [5.74, 6) is -0.0367. The third-order valence-corrected chi connectivity index (χ3v) is 6.21. The fraction of sp³-hybridized carbons (Fsp3) is 0.370. The van der Waals surface area contributed by atoms with Crippen molar-refractivity contribution in [2.75, 3.05) is 5.32 Å². The third kappa shape index (κ3) is 5.57. The summed E-state index contributed by atoms with van der Waals surface area (Å²) in [4.78, 5) is 20.7. The van der Waals surface area contributed by atoms with Crippen LogP contribution in [0.4, 0.5) is 5.82 Å². The number of rotatable bonds is 8. The molecule has 6 nitrogen and oxygen atoms in total. The molecule has 3 aromatic rings. The van der Waals surface area contributed by atoms with E-state index in [-0.39, 0.29) is 12.5 Å². The maximum Gasteiger partial charge on any atom is 0.303 e. The summed E-state index contributed by atoms with van der Waals surface area (Å²) in [7, 11) is 0. The number of nitrogens with one attached hydrogen (secondary N) is 1. The number of aromatic nitrogens is 2. The van der Waals surface area contributed by atoms with Crippen LogP contribution in [-0.2, 0) is 11.2 Å². The van der Waals surface area contributed by atoms with E-state index in [1.54, 1.807) is 0 Å². The van der Waals surface area contributed by atoms with Gasteiger partial charge in [-0.25, -0.2) is 9.97 Å². The van der Waals surface area contributed by atoms with Crippen LogP contribution in [0.1, 0.15) is 48.9 Å².